The third-order valence-electron chi connectivity index (χ3n) is 3.00. The van der Waals surface area contributed by atoms with Gasteiger partial charge >= 0.3 is 0 Å². The molecule has 1 N–H and O–H groups in total. The van der Waals surface area contributed by atoms with Crippen LogP contribution in [0, 0.1) is 18.3 Å². The standard InChI is InChI=1S/C14H15N5/c1-10-13(16-2)17-9-18-14(10)19(3)12-7-5-4-6-11(12)8-15/h4-7,9H,1-3H3,(H,16,17,18). The van der Waals surface area contributed by atoms with Crippen molar-refractivity contribution in [2.45, 2.75) is 6.92 Å². The van der Waals surface area contributed by atoms with Crippen LogP contribution in [-0.2, 0) is 0 Å². The van der Waals surface area contributed by atoms with E-state index < -0.39 is 0 Å². The lowest BCUT2D eigenvalue weighted by molar-refractivity contribution is 1.05. The van der Waals surface area contributed by atoms with E-state index in [0.29, 0.717) is 5.56 Å². The van der Waals surface area contributed by atoms with Gasteiger partial charge in [-0.3, -0.25) is 0 Å². The number of aromatic nitrogens is 2. The highest BCUT2D eigenvalue weighted by atomic mass is 15.2. The van der Waals surface area contributed by atoms with Crippen LogP contribution in [0.2, 0.25) is 0 Å². The van der Waals surface area contributed by atoms with Crippen LogP contribution in [0.3, 0.4) is 0 Å². The molecule has 0 fully saturated rings. The minimum absolute atomic E-state index is 0.619. The van der Waals surface area contributed by atoms with Crippen LogP contribution < -0.4 is 10.2 Å². The summed E-state index contributed by atoms with van der Waals surface area (Å²) in [7, 11) is 3.72. The lowest BCUT2D eigenvalue weighted by Crippen LogP contribution is -2.15. The quantitative estimate of drug-likeness (QED) is 0.910. The van der Waals surface area contributed by atoms with Gasteiger partial charge in [-0.15, -0.1) is 0 Å². The van der Waals surface area contributed by atoms with E-state index in [1.54, 1.807) is 6.07 Å². The number of nitriles is 1. The predicted octanol–water partition coefficient (Wildman–Crippen LogP) is 2.47. The van der Waals surface area contributed by atoms with Gasteiger partial charge in [0.25, 0.3) is 0 Å². The number of rotatable bonds is 3. The van der Waals surface area contributed by atoms with Crippen molar-refractivity contribution in [2.24, 2.45) is 0 Å². The Morgan fingerprint density at radius 1 is 1.26 bits per heavy atom. The van der Waals surface area contributed by atoms with Crippen LogP contribution in [0.5, 0.6) is 0 Å². The molecule has 0 aliphatic heterocycles. The predicted molar refractivity (Wildman–Crippen MR) is 75.5 cm³/mol. The molecule has 0 amide bonds. The van der Waals surface area contributed by atoms with Crippen molar-refractivity contribution in [3.8, 4) is 6.07 Å². The molecule has 0 bridgehead atoms. The lowest BCUT2D eigenvalue weighted by atomic mass is 10.1. The van der Waals surface area contributed by atoms with Crippen LogP contribution in [0.4, 0.5) is 17.3 Å². The van der Waals surface area contributed by atoms with Crippen LogP contribution >= 0.6 is 0 Å². The largest absolute Gasteiger partial charge is 0.373 e. The molecule has 5 heteroatoms. The summed E-state index contributed by atoms with van der Waals surface area (Å²) in [6.07, 6.45) is 1.51. The molecule has 1 heterocycles. The van der Waals surface area contributed by atoms with Gasteiger partial charge in [-0.2, -0.15) is 5.26 Å². The van der Waals surface area contributed by atoms with Gasteiger partial charge in [0.1, 0.15) is 24.0 Å². The average molecular weight is 253 g/mol. The van der Waals surface area contributed by atoms with E-state index in [9.17, 15) is 0 Å². The first-order valence-electron chi connectivity index (χ1n) is 5.91. The second-order valence-corrected chi connectivity index (χ2v) is 4.11. The van der Waals surface area contributed by atoms with E-state index in [4.69, 9.17) is 5.26 Å². The molecule has 0 saturated heterocycles. The van der Waals surface area contributed by atoms with Crippen molar-refractivity contribution in [1.82, 2.24) is 9.97 Å². The SMILES string of the molecule is CNc1ncnc(N(C)c2ccccc2C#N)c1C. The summed E-state index contributed by atoms with van der Waals surface area (Å²) in [5.41, 5.74) is 2.39. The molecule has 0 aliphatic rings. The number of hydrogen-bond acceptors (Lipinski definition) is 5. The van der Waals surface area contributed by atoms with Crippen molar-refractivity contribution in [2.75, 3.05) is 24.3 Å². The Hall–Kier alpha value is -2.61. The zero-order valence-corrected chi connectivity index (χ0v) is 11.2. The van der Waals surface area contributed by atoms with Crippen LogP contribution in [0.25, 0.3) is 0 Å². The zero-order chi connectivity index (χ0) is 13.8. The number of para-hydroxylation sites is 1. The fourth-order valence-electron chi connectivity index (χ4n) is 2.01. The minimum Gasteiger partial charge on any atom is -0.373 e. The van der Waals surface area contributed by atoms with Gasteiger partial charge in [0.15, 0.2) is 0 Å². The molecule has 0 aliphatic carbocycles. The molecule has 0 atom stereocenters. The maximum atomic E-state index is 9.16. The Kier molecular flexibility index (Phi) is 3.62. The lowest BCUT2D eigenvalue weighted by Gasteiger charge is -2.21. The number of nitrogens with one attached hydrogen (secondary N) is 1. The molecule has 1 aromatic carbocycles. The molecule has 0 spiro atoms. The van der Waals surface area contributed by atoms with E-state index in [1.165, 1.54) is 6.33 Å². The number of anilines is 3. The summed E-state index contributed by atoms with van der Waals surface area (Å²) in [4.78, 5) is 10.4. The summed E-state index contributed by atoms with van der Waals surface area (Å²) < 4.78 is 0. The summed E-state index contributed by atoms with van der Waals surface area (Å²) >= 11 is 0. The van der Waals surface area contributed by atoms with Crippen molar-refractivity contribution in [1.29, 1.82) is 5.26 Å². The Balaban J connectivity index is 2.51. The summed E-state index contributed by atoms with van der Waals surface area (Å²) in [6.45, 7) is 1.95. The number of nitrogens with zero attached hydrogens (tertiary/aromatic N) is 4. The van der Waals surface area contributed by atoms with Crippen LogP contribution in [-0.4, -0.2) is 24.1 Å². The van der Waals surface area contributed by atoms with Gasteiger partial charge in [0.2, 0.25) is 0 Å². The van der Waals surface area contributed by atoms with Crippen molar-refractivity contribution >= 4 is 17.3 Å². The zero-order valence-electron chi connectivity index (χ0n) is 11.2. The van der Waals surface area contributed by atoms with Gasteiger partial charge in [0, 0.05) is 19.7 Å². The highest BCUT2D eigenvalue weighted by Crippen LogP contribution is 2.29. The van der Waals surface area contributed by atoms with E-state index in [-0.39, 0.29) is 0 Å². The van der Waals surface area contributed by atoms with Crippen LogP contribution in [0.1, 0.15) is 11.1 Å². The summed E-state index contributed by atoms with van der Waals surface area (Å²) in [5.74, 6) is 1.56. The molecule has 2 rings (SSSR count). The molecular weight excluding hydrogens is 238 g/mol. The Morgan fingerprint density at radius 2 is 2.00 bits per heavy atom. The highest BCUT2D eigenvalue weighted by molar-refractivity contribution is 5.70. The fourth-order valence-corrected chi connectivity index (χ4v) is 2.01. The molecule has 1 aromatic heterocycles. The van der Waals surface area contributed by atoms with E-state index in [2.05, 4.69) is 21.4 Å². The normalized spacial score (nSPS) is 9.79. The average Bonchev–Trinajstić information content (AvgIpc) is 2.46. The third-order valence-corrected chi connectivity index (χ3v) is 3.00. The van der Waals surface area contributed by atoms with Crippen molar-refractivity contribution in [3.05, 3.63) is 41.7 Å². The first-order valence-corrected chi connectivity index (χ1v) is 5.91. The molecule has 2 aromatic rings. The van der Waals surface area contributed by atoms with E-state index in [1.807, 2.05) is 44.1 Å². The molecule has 0 unspecified atom stereocenters. The maximum absolute atomic E-state index is 9.16. The molecular formula is C14H15N5. The van der Waals surface area contributed by atoms with Gasteiger partial charge in [-0.1, -0.05) is 12.1 Å². The Bertz CT molecular complexity index is 630. The summed E-state index contributed by atoms with van der Waals surface area (Å²) in [5, 5.41) is 12.2. The van der Waals surface area contributed by atoms with Crippen molar-refractivity contribution in [3.63, 3.8) is 0 Å². The second kappa shape index (κ2) is 5.36. The number of benzene rings is 1. The highest BCUT2D eigenvalue weighted by Gasteiger charge is 2.14. The van der Waals surface area contributed by atoms with Crippen LogP contribution in [0.15, 0.2) is 30.6 Å². The summed E-state index contributed by atoms with van der Waals surface area (Å²) in [6, 6.07) is 9.64. The molecule has 5 nitrogen and oxygen atoms in total. The minimum atomic E-state index is 0.619. The molecule has 0 radical (unpaired) electrons. The monoisotopic (exact) mass is 253 g/mol. The molecule has 0 saturated carbocycles. The smallest absolute Gasteiger partial charge is 0.141 e. The van der Waals surface area contributed by atoms with E-state index >= 15 is 0 Å². The fraction of sp³-hybridized carbons (Fsp3) is 0.214. The van der Waals surface area contributed by atoms with Gasteiger partial charge in [-0.05, 0) is 19.1 Å². The second-order valence-electron chi connectivity index (χ2n) is 4.11. The van der Waals surface area contributed by atoms with Gasteiger partial charge in [-0.25, -0.2) is 9.97 Å². The Morgan fingerprint density at radius 3 is 2.68 bits per heavy atom. The van der Waals surface area contributed by atoms with Crippen molar-refractivity contribution < 1.29 is 0 Å². The first kappa shape index (κ1) is 12.8. The maximum Gasteiger partial charge on any atom is 0.141 e. The third kappa shape index (κ3) is 2.33. The van der Waals surface area contributed by atoms with Gasteiger partial charge in [0.05, 0.1) is 11.3 Å². The Labute approximate surface area is 112 Å². The topological polar surface area (TPSA) is 64.8 Å². The molecule has 96 valence electrons. The first-order chi connectivity index (χ1) is 9.19. The molecule has 19 heavy (non-hydrogen) atoms. The number of hydrogen-bond donors (Lipinski definition) is 1. The van der Waals surface area contributed by atoms with E-state index in [0.717, 1.165) is 22.9 Å². The van der Waals surface area contributed by atoms with Gasteiger partial charge < -0.3 is 10.2 Å².